The Kier molecular flexibility index (Phi) is 7.12. The van der Waals surface area contributed by atoms with Crippen molar-refractivity contribution < 1.29 is 0 Å². The van der Waals surface area contributed by atoms with Crippen molar-refractivity contribution in [1.29, 1.82) is 0 Å². The monoisotopic (exact) mass is 411 g/mol. The highest BCUT2D eigenvalue weighted by Gasteiger charge is 2.22. The molecule has 1 heteroatoms. The Labute approximate surface area is 188 Å². The van der Waals surface area contributed by atoms with Crippen LogP contribution in [0.1, 0.15) is 75.3 Å². The Morgan fingerprint density at radius 3 is 1.97 bits per heavy atom. The summed E-state index contributed by atoms with van der Waals surface area (Å²) in [6.45, 7) is 4.42. The van der Waals surface area contributed by atoms with E-state index in [4.69, 9.17) is 5.73 Å². The molecule has 3 aromatic carbocycles. The first kappa shape index (κ1) is 21.7. The van der Waals surface area contributed by atoms with Crippen molar-refractivity contribution in [2.75, 3.05) is 5.73 Å². The van der Waals surface area contributed by atoms with E-state index >= 15 is 0 Å². The van der Waals surface area contributed by atoms with Crippen LogP contribution in [0.15, 0.2) is 66.7 Å². The maximum absolute atomic E-state index is 5.90. The van der Waals surface area contributed by atoms with Crippen molar-refractivity contribution in [2.24, 2.45) is 5.92 Å². The third kappa shape index (κ3) is 5.39. The van der Waals surface area contributed by atoms with E-state index in [0.29, 0.717) is 0 Å². The molecule has 0 aliphatic heterocycles. The van der Waals surface area contributed by atoms with Gasteiger partial charge in [-0.1, -0.05) is 87.2 Å². The van der Waals surface area contributed by atoms with E-state index in [1.807, 2.05) is 12.1 Å². The average Bonchev–Trinajstić information content (AvgIpc) is 2.80. The van der Waals surface area contributed by atoms with Gasteiger partial charge in [0.05, 0.1) is 0 Å². The van der Waals surface area contributed by atoms with Crippen LogP contribution >= 0.6 is 0 Å². The zero-order chi connectivity index (χ0) is 21.6. The largest absolute Gasteiger partial charge is 0.399 e. The fourth-order valence-corrected chi connectivity index (χ4v) is 5.27. The van der Waals surface area contributed by atoms with Crippen LogP contribution in [0.25, 0.3) is 22.3 Å². The van der Waals surface area contributed by atoms with Crippen molar-refractivity contribution in [3.05, 3.63) is 77.9 Å². The zero-order valence-electron chi connectivity index (χ0n) is 19.2. The van der Waals surface area contributed by atoms with Crippen LogP contribution in [-0.4, -0.2) is 0 Å². The molecule has 3 aromatic rings. The third-order valence-corrected chi connectivity index (χ3v) is 7.22. The molecular weight excluding hydrogens is 374 g/mol. The standard InChI is InChI=1S/C30H37N/c1-3-4-5-6-23-7-9-24(10-8-23)25-11-13-26(14-12-25)27-15-17-28(18-16-27)30-20-19-29(31)21-22(30)2/h11-21,23-24H,3-10,31H2,1-2H3. The maximum Gasteiger partial charge on any atom is 0.0317 e. The van der Waals surface area contributed by atoms with Gasteiger partial charge >= 0.3 is 0 Å². The Hall–Kier alpha value is -2.54. The summed E-state index contributed by atoms with van der Waals surface area (Å²) in [6, 6.07) is 24.4. The van der Waals surface area contributed by atoms with Gasteiger partial charge in [-0.2, -0.15) is 0 Å². The first-order valence-corrected chi connectivity index (χ1v) is 12.2. The predicted octanol–water partition coefficient (Wildman–Crippen LogP) is 8.77. The summed E-state index contributed by atoms with van der Waals surface area (Å²) >= 11 is 0. The van der Waals surface area contributed by atoms with Crippen LogP contribution < -0.4 is 5.73 Å². The first-order chi connectivity index (χ1) is 15.1. The van der Waals surface area contributed by atoms with Gasteiger partial charge in [0.25, 0.3) is 0 Å². The van der Waals surface area contributed by atoms with Crippen molar-refractivity contribution in [3.8, 4) is 22.3 Å². The zero-order valence-corrected chi connectivity index (χ0v) is 19.2. The minimum Gasteiger partial charge on any atom is -0.399 e. The lowest BCUT2D eigenvalue weighted by molar-refractivity contribution is 0.303. The van der Waals surface area contributed by atoms with Crippen LogP contribution in [0.5, 0.6) is 0 Å². The number of benzene rings is 3. The van der Waals surface area contributed by atoms with Gasteiger partial charge in [0.15, 0.2) is 0 Å². The van der Waals surface area contributed by atoms with Crippen molar-refractivity contribution in [3.63, 3.8) is 0 Å². The second-order valence-electron chi connectivity index (χ2n) is 9.49. The van der Waals surface area contributed by atoms with Gasteiger partial charge in [0.1, 0.15) is 0 Å². The molecule has 0 atom stereocenters. The number of hydrogen-bond donors (Lipinski definition) is 1. The molecule has 0 amide bonds. The molecule has 0 spiro atoms. The Morgan fingerprint density at radius 1 is 0.742 bits per heavy atom. The first-order valence-electron chi connectivity index (χ1n) is 12.2. The van der Waals surface area contributed by atoms with Gasteiger partial charge < -0.3 is 5.73 Å². The van der Waals surface area contributed by atoms with Crippen LogP contribution in [0.4, 0.5) is 5.69 Å². The van der Waals surface area contributed by atoms with E-state index in [2.05, 4.69) is 68.4 Å². The minimum atomic E-state index is 0.757. The summed E-state index contributed by atoms with van der Waals surface area (Å²) in [5, 5.41) is 0. The molecule has 31 heavy (non-hydrogen) atoms. The van der Waals surface area contributed by atoms with Gasteiger partial charge in [-0.15, -0.1) is 0 Å². The van der Waals surface area contributed by atoms with E-state index in [9.17, 15) is 0 Å². The Morgan fingerprint density at radius 2 is 1.35 bits per heavy atom. The second-order valence-corrected chi connectivity index (χ2v) is 9.49. The van der Waals surface area contributed by atoms with E-state index in [1.54, 1.807) is 0 Å². The van der Waals surface area contributed by atoms with Gasteiger partial charge in [-0.05, 0) is 90.0 Å². The number of rotatable bonds is 7. The number of aryl methyl sites for hydroxylation is 1. The number of hydrogen-bond acceptors (Lipinski definition) is 1. The fourth-order valence-electron chi connectivity index (χ4n) is 5.27. The van der Waals surface area contributed by atoms with E-state index < -0.39 is 0 Å². The summed E-state index contributed by atoms with van der Waals surface area (Å²) in [6.07, 6.45) is 11.2. The van der Waals surface area contributed by atoms with Crippen LogP contribution in [0.2, 0.25) is 0 Å². The molecule has 1 aliphatic rings. The SMILES string of the molecule is CCCCCC1CCC(c2ccc(-c3ccc(-c4ccc(N)cc4C)cc3)cc2)CC1. The number of anilines is 1. The third-order valence-electron chi connectivity index (χ3n) is 7.22. The van der Waals surface area contributed by atoms with E-state index in [0.717, 1.165) is 17.5 Å². The van der Waals surface area contributed by atoms with Gasteiger partial charge in [0, 0.05) is 5.69 Å². The molecule has 0 saturated heterocycles. The Bertz CT molecular complexity index is 960. The van der Waals surface area contributed by atoms with Gasteiger partial charge in [0.2, 0.25) is 0 Å². The number of nitrogen functional groups attached to an aromatic ring is 1. The predicted molar refractivity (Wildman–Crippen MR) is 135 cm³/mol. The molecule has 1 nitrogen and oxygen atoms in total. The smallest absolute Gasteiger partial charge is 0.0317 e. The van der Waals surface area contributed by atoms with Gasteiger partial charge in [-0.3, -0.25) is 0 Å². The molecule has 1 saturated carbocycles. The molecule has 1 aliphatic carbocycles. The lowest BCUT2D eigenvalue weighted by Gasteiger charge is -2.29. The molecule has 0 bridgehead atoms. The normalized spacial score (nSPS) is 18.8. The lowest BCUT2D eigenvalue weighted by Crippen LogP contribution is -2.13. The molecule has 2 N–H and O–H groups in total. The lowest BCUT2D eigenvalue weighted by atomic mass is 9.77. The fraction of sp³-hybridized carbons (Fsp3) is 0.400. The molecular formula is C30H37N. The van der Waals surface area contributed by atoms with Crippen molar-refractivity contribution in [1.82, 2.24) is 0 Å². The Balaban J connectivity index is 1.38. The molecule has 1 fully saturated rings. The van der Waals surface area contributed by atoms with Crippen LogP contribution in [0.3, 0.4) is 0 Å². The van der Waals surface area contributed by atoms with Gasteiger partial charge in [-0.25, -0.2) is 0 Å². The van der Waals surface area contributed by atoms with Crippen LogP contribution in [-0.2, 0) is 0 Å². The highest BCUT2D eigenvalue weighted by Crippen LogP contribution is 2.38. The molecule has 0 aromatic heterocycles. The highest BCUT2D eigenvalue weighted by atomic mass is 14.5. The topological polar surface area (TPSA) is 26.0 Å². The molecule has 0 radical (unpaired) electrons. The number of unbranched alkanes of at least 4 members (excludes halogenated alkanes) is 2. The quantitative estimate of drug-likeness (QED) is 0.305. The minimum absolute atomic E-state index is 0.757. The van der Waals surface area contributed by atoms with Crippen molar-refractivity contribution >= 4 is 5.69 Å². The van der Waals surface area contributed by atoms with Crippen LogP contribution in [0, 0.1) is 12.8 Å². The summed E-state index contributed by atoms with van der Waals surface area (Å²) in [5.74, 6) is 1.73. The molecule has 4 rings (SSSR count). The summed E-state index contributed by atoms with van der Waals surface area (Å²) < 4.78 is 0. The average molecular weight is 412 g/mol. The molecule has 0 heterocycles. The summed E-state index contributed by atoms with van der Waals surface area (Å²) in [7, 11) is 0. The molecule has 0 unspecified atom stereocenters. The second kappa shape index (κ2) is 10.2. The van der Waals surface area contributed by atoms with E-state index in [1.165, 1.54) is 84.7 Å². The molecule has 162 valence electrons. The van der Waals surface area contributed by atoms with Crippen molar-refractivity contribution in [2.45, 2.75) is 71.1 Å². The highest BCUT2D eigenvalue weighted by molar-refractivity contribution is 5.73. The summed E-state index contributed by atoms with van der Waals surface area (Å²) in [4.78, 5) is 0. The van der Waals surface area contributed by atoms with E-state index in [-0.39, 0.29) is 0 Å². The number of nitrogens with two attached hydrogens (primary N) is 1. The maximum atomic E-state index is 5.90. The summed E-state index contributed by atoms with van der Waals surface area (Å²) in [5.41, 5.74) is 14.6.